The molecular formula is C11H11F2N3O2S2. The molecule has 3 N–H and O–H groups in total. The van der Waals surface area contributed by atoms with Crippen LogP contribution in [0.15, 0.2) is 28.6 Å². The number of hydrogen-bond acceptors (Lipinski definition) is 5. The molecule has 0 saturated carbocycles. The highest BCUT2D eigenvalue weighted by Gasteiger charge is 2.20. The van der Waals surface area contributed by atoms with Gasteiger partial charge in [0.15, 0.2) is 0 Å². The van der Waals surface area contributed by atoms with Gasteiger partial charge in [-0.15, -0.1) is 11.3 Å². The number of nitrogen functional groups attached to an aromatic ring is 1. The van der Waals surface area contributed by atoms with E-state index < -0.39 is 32.2 Å². The molecule has 5 nitrogen and oxygen atoms in total. The van der Waals surface area contributed by atoms with Crippen molar-refractivity contribution in [2.24, 2.45) is 0 Å². The predicted octanol–water partition coefficient (Wildman–Crippen LogP) is 1.52. The van der Waals surface area contributed by atoms with Crippen LogP contribution >= 0.6 is 11.3 Å². The molecule has 1 aromatic heterocycles. The molecular weight excluding hydrogens is 308 g/mol. The molecule has 0 saturated heterocycles. The average Bonchev–Trinajstić information content (AvgIpc) is 2.86. The number of benzene rings is 1. The highest BCUT2D eigenvalue weighted by atomic mass is 32.2. The van der Waals surface area contributed by atoms with Gasteiger partial charge in [0.25, 0.3) is 0 Å². The summed E-state index contributed by atoms with van der Waals surface area (Å²) in [6.07, 6.45) is 1.99. The number of rotatable bonds is 5. The fourth-order valence-electron chi connectivity index (χ4n) is 1.50. The van der Waals surface area contributed by atoms with E-state index in [1.807, 2.05) is 0 Å². The fourth-order valence-corrected chi connectivity index (χ4v) is 3.24. The van der Waals surface area contributed by atoms with Crippen LogP contribution in [0.25, 0.3) is 0 Å². The summed E-state index contributed by atoms with van der Waals surface area (Å²) in [4.78, 5) is 3.32. The minimum atomic E-state index is -4.08. The number of nitrogens with one attached hydrogen (secondary N) is 1. The zero-order valence-corrected chi connectivity index (χ0v) is 11.8. The monoisotopic (exact) mass is 319 g/mol. The summed E-state index contributed by atoms with van der Waals surface area (Å²) in [7, 11) is -4.08. The van der Waals surface area contributed by atoms with Crippen LogP contribution in [-0.2, 0) is 16.4 Å². The van der Waals surface area contributed by atoms with E-state index in [0.29, 0.717) is 12.5 Å². The van der Waals surface area contributed by atoms with Crippen molar-refractivity contribution in [1.29, 1.82) is 0 Å². The summed E-state index contributed by atoms with van der Waals surface area (Å²) in [6, 6.07) is 1.21. The van der Waals surface area contributed by atoms with Gasteiger partial charge in [-0.1, -0.05) is 0 Å². The summed E-state index contributed by atoms with van der Waals surface area (Å²) < 4.78 is 52.5. The molecule has 0 aliphatic rings. The maximum Gasteiger partial charge on any atom is 0.243 e. The lowest BCUT2D eigenvalue weighted by Crippen LogP contribution is -2.27. The van der Waals surface area contributed by atoms with E-state index in [9.17, 15) is 17.2 Å². The summed E-state index contributed by atoms with van der Waals surface area (Å²) in [6.45, 7) is 0.0621. The standard InChI is InChI=1S/C11H11F2N3O2S2/c12-7-5-8(13)10(6-9(7)14)20(17,18)16-2-1-11-15-3-4-19-11/h3-6,16H,1-2,14H2. The molecule has 0 amide bonds. The predicted molar refractivity (Wildman–Crippen MR) is 71.8 cm³/mol. The molecule has 2 rings (SSSR count). The number of hydrogen-bond donors (Lipinski definition) is 2. The van der Waals surface area contributed by atoms with Gasteiger partial charge in [-0.25, -0.2) is 26.9 Å². The van der Waals surface area contributed by atoms with E-state index >= 15 is 0 Å². The second-order valence-corrected chi connectivity index (χ2v) is 6.59. The zero-order chi connectivity index (χ0) is 14.8. The number of thiazole rings is 1. The topological polar surface area (TPSA) is 85.1 Å². The summed E-state index contributed by atoms with van der Waals surface area (Å²) in [5.74, 6) is -2.18. The van der Waals surface area contributed by atoms with Gasteiger partial charge in [0.05, 0.1) is 10.7 Å². The zero-order valence-electron chi connectivity index (χ0n) is 10.1. The highest BCUT2D eigenvalue weighted by molar-refractivity contribution is 7.89. The van der Waals surface area contributed by atoms with E-state index in [-0.39, 0.29) is 6.54 Å². The quantitative estimate of drug-likeness (QED) is 0.818. The Bertz CT molecular complexity index is 703. The van der Waals surface area contributed by atoms with E-state index in [0.717, 1.165) is 11.1 Å². The Hall–Kier alpha value is -1.58. The van der Waals surface area contributed by atoms with Crippen molar-refractivity contribution >= 4 is 27.0 Å². The van der Waals surface area contributed by atoms with Crippen molar-refractivity contribution in [3.63, 3.8) is 0 Å². The van der Waals surface area contributed by atoms with Gasteiger partial charge in [0.1, 0.15) is 16.5 Å². The lowest BCUT2D eigenvalue weighted by atomic mass is 10.3. The van der Waals surface area contributed by atoms with Crippen molar-refractivity contribution in [2.45, 2.75) is 11.3 Å². The Labute approximate surface area is 118 Å². The van der Waals surface area contributed by atoms with Crippen molar-refractivity contribution in [3.8, 4) is 0 Å². The molecule has 9 heteroatoms. The third kappa shape index (κ3) is 3.30. The molecule has 0 spiro atoms. The minimum absolute atomic E-state index is 0.0621. The Morgan fingerprint density at radius 1 is 1.30 bits per heavy atom. The van der Waals surface area contributed by atoms with Gasteiger partial charge in [-0.2, -0.15) is 0 Å². The van der Waals surface area contributed by atoms with Crippen LogP contribution in [0.2, 0.25) is 0 Å². The highest BCUT2D eigenvalue weighted by Crippen LogP contribution is 2.20. The van der Waals surface area contributed by atoms with E-state index in [1.54, 1.807) is 11.6 Å². The van der Waals surface area contributed by atoms with E-state index in [4.69, 9.17) is 5.73 Å². The minimum Gasteiger partial charge on any atom is -0.396 e. The van der Waals surface area contributed by atoms with Gasteiger partial charge in [-0.3, -0.25) is 0 Å². The Morgan fingerprint density at radius 3 is 2.70 bits per heavy atom. The third-order valence-corrected chi connectivity index (χ3v) is 4.77. The molecule has 0 fully saturated rings. The number of nitrogens with zero attached hydrogens (tertiary/aromatic N) is 1. The lowest BCUT2D eigenvalue weighted by molar-refractivity contribution is 0.545. The molecule has 0 radical (unpaired) electrons. The van der Waals surface area contributed by atoms with Gasteiger partial charge in [0, 0.05) is 30.6 Å². The van der Waals surface area contributed by atoms with Crippen LogP contribution in [0, 0.1) is 11.6 Å². The first-order valence-electron chi connectivity index (χ1n) is 5.52. The first-order valence-corrected chi connectivity index (χ1v) is 7.89. The maximum absolute atomic E-state index is 13.5. The van der Waals surface area contributed by atoms with Crippen molar-refractivity contribution in [2.75, 3.05) is 12.3 Å². The second-order valence-electron chi connectivity index (χ2n) is 3.88. The summed E-state index contributed by atoms with van der Waals surface area (Å²) in [5.41, 5.74) is 4.83. The number of sulfonamides is 1. The summed E-state index contributed by atoms with van der Waals surface area (Å²) in [5, 5.41) is 2.52. The Kier molecular flexibility index (Phi) is 4.31. The molecule has 1 aromatic carbocycles. The number of anilines is 1. The maximum atomic E-state index is 13.5. The van der Waals surface area contributed by atoms with Crippen LogP contribution in [0.1, 0.15) is 5.01 Å². The Morgan fingerprint density at radius 2 is 2.05 bits per heavy atom. The molecule has 0 bridgehead atoms. The van der Waals surface area contributed by atoms with Crippen molar-refractivity contribution in [1.82, 2.24) is 9.71 Å². The lowest BCUT2D eigenvalue weighted by Gasteiger charge is -2.08. The molecule has 108 valence electrons. The largest absolute Gasteiger partial charge is 0.396 e. The van der Waals surface area contributed by atoms with Crippen molar-refractivity contribution < 1.29 is 17.2 Å². The normalized spacial score (nSPS) is 11.7. The SMILES string of the molecule is Nc1cc(S(=O)(=O)NCCc2nccs2)c(F)cc1F. The second kappa shape index (κ2) is 5.81. The van der Waals surface area contributed by atoms with Gasteiger partial charge in [-0.05, 0) is 6.07 Å². The summed E-state index contributed by atoms with van der Waals surface area (Å²) >= 11 is 1.39. The molecule has 2 aromatic rings. The van der Waals surface area contributed by atoms with Crippen molar-refractivity contribution in [3.05, 3.63) is 40.4 Å². The van der Waals surface area contributed by atoms with Crippen LogP contribution in [0.3, 0.4) is 0 Å². The van der Waals surface area contributed by atoms with Crippen LogP contribution in [0.5, 0.6) is 0 Å². The van der Waals surface area contributed by atoms with Gasteiger partial charge < -0.3 is 5.73 Å². The molecule has 0 aliphatic carbocycles. The first-order chi connectivity index (χ1) is 9.40. The molecule has 20 heavy (non-hydrogen) atoms. The fraction of sp³-hybridized carbons (Fsp3) is 0.182. The van der Waals surface area contributed by atoms with Gasteiger partial charge >= 0.3 is 0 Å². The molecule has 0 unspecified atom stereocenters. The number of aromatic nitrogens is 1. The number of halogens is 2. The van der Waals surface area contributed by atoms with E-state index in [2.05, 4.69) is 9.71 Å². The average molecular weight is 319 g/mol. The number of nitrogens with two attached hydrogens (primary N) is 1. The van der Waals surface area contributed by atoms with Crippen LogP contribution in [0.4, 0.5) is 14.5 Å². The molecule has 0 aliphatic heterocycles. The van der Waals surface area contributed by atoms with Crippen LogP contribution < -0.4 is 10.5 Å². The van der Waals surface area contributed by atoms with E-state index in [1.165, 1.54) is 11.3 Å². The third-order valence-electron chi connectivity index (χ3n) is 2.46. The Balaban J connectivity index is 2.12. The molecule has 1 heterocycles. The van der Waals surface area contributed by atoms with Crippen LogP contribution in [-0.4, -0.2) is 19.9 Å². The molecule has 0 atom stereocenters. The van der Waals surface area contributed by atoms with Gasteiger partial charge in [0.2, 0.25) is 10.0 Å². The first kappa shape index (κ1) is 14.8. The smallest absolute Gasteiger partial charge is 0.243 e.